The Hall–Kier alpha value is -2.05. The second-order valence-corrected chi connectivity index (χ2v) is 7.46. The predicted octanol–water partition coefficient (Wildman–Crippen LogP) is 4.89. The second-order valence-electron chi connectivity index (χ2n) is 7.06. The number of nitrogens with zero attached hydrogens (tertiary/aromatic N) is 1. The summed E-state index contributed by atoms with van der Waals surface area (Å²) in [5.74, 6) is -0.219. The Bertz CT molecular complexity index is 817. The van der Waals surface area contributed by atoms with Gasteiger partial charge in [-0.2, -0.15) is 13.2 Å². The van der Waals surface area contributed by atoms with E-state index in [1.165, 1.54) is 6.07 Å². The summed E-state index contributed by atoms with van der Waals surface area (Å²) >= 11 is 6.20. The predicted molar refractivity (Wildman–Crippen MR) is 103 cm³/mol. The summed E-state index contributed by atoms with van der Waals surface area (Å²) < 4.78 is 38.3. The lowest BCUT2D eigenvalue weighted by Gasteiger charge is -2.31. The molecule has 3 rings (SSSR count). The number of amides is 1. The molecular formula is C21H22ClF3N2O. The number of carbonyl (C=O) groups excluding carboxylic acids is 1. The van der Waals surface area contributed by atoms with E-state index in [1.54, 1.807) is 6.07 Å². The van der Waals surface area contributed by atoms with Gasteiger partial charge < -0.3 is 5.32 Å². The van der Waals surface area contributed by atoms with Crippen molar-refractivity contribution in [2.24, 2.45) is 5.92 Å². The first kappa shape index (κ1) is 20.7. The van der Waals surface area contributed by atoms with Gasteiger partial charge in [0.2, 0.25) is 5.91 Å². The fraction of sp³-hybridized carbons (Fsp3) is 0.381. The summed E-state index contributed by atoms with van der Waals surface area (Å²) in [6.45, 7) is 2.42. The minimum absolute atomic E-state index is 0.0998. The quantitative estimate of drug-likeness (QED) is 0.761. The van der Waals surface area contributed by atoms with Gasteiger partial charge in [-0.25, -0.2) is 0 Å². The van der Waals surface area contributed by atoms with Gasteiger partial charge in [0.05, 0.1) is 5.56 Å². The number of likely N-dealkylation sites (tertiary alicyclic amines) is 1. The highest BCUT2D eigenvalue weighted by Crippen LogP contribution is 2.29. The van der Waals surface area contributed by atoms with Crippen LogP contribution in [-0.4, -0.2) is 23.9 Å². The molecule has 7 heteroatoms. The third-order valence-corrected chi connectivity index (χ3v) is 5.40. The van der Waals surface area contributed by atoms with Gasteiger partial charge in [0, 0.05) is 24.0 Å². The van der Waals surface area contributed by atoms with E-state index in [0.29, 0.717) is 5.56 Å². The minimum atomic E-state index is -4.38. The van der Waals surface area contributed by atoms with Gasteiger partial charge >= 0.3 is 6.18 Å². The summed E-state index contributed by atoms with van der Waals surface area (Å²) in [5.41, 5.74) is 0.808. The summed E-state index contributed by atoms with van der Waals surface area (Å²) in [4.78, 5) is 14.7. The summed E-state index contributed by atoms with van der Waals surface area (Å²) in [6, 6.07) is 12.8. The van der Waals surface area contributed by atoms with Crippen LogP contribution in [0.25, 0.3) is 0 Å². The number of alkyl halides is 3. The molecule has 1 heterocycles. The number of rotatable bonds is 5. The Kier molecular flexibility index (Phi) is 6.62. The molecule has 1 aliphatic heterocycles. The van der Waals surface area contributed by atoms with E-state index in [9.17, 15) is 18.0 Å². The van der Waals surface area contributed by atoms with Crippen LogP contribution in [0.2, 0.25) is 5.02 Å². The highest BCUT2D eigenvalue weighted by molar-refractivity contribution is 6.31. The lowest BCUT2D eigenvalue weighted by Crippen LogP contribution is -2.40. The van der Waals surface area contributed by atoms with Gasteiger partial charge in [-0.3, -0.25) is 9.69 Å². The number of hydrogen-bond acceptors (Lipinski definition) is 2. The third kappa shape index (κ3) is 5.49. The largest absolute Gasteiger partial charge is 0.416 e. The van der Waals surface area contributed by atoms with Crippen LogP contribution in [0.1, 0.15) is 29.5 Å². The molecule has 1 fully saturated rings. The Morgan fingerprint density at radius 2 is 1.82 bits per heavy atom. The average Bonchev–Trinajstić information content (AvgIpc) is 2.68. The monoisotopic (exact) mass is 410 g/mol. The molecule has 0 radical (unpaired) electrons. The van der Waals surface area contributed by atoms with Gasteiger partial charge in [0.25, 0.3) is 0 Å². The number of nitrogens with one attached hydrogen (secondary N) is 1. The Balaban J connectivity index is 1.47. The molecule has 0 unspecified atom stereocenters. The molecular weight excluding hydrogens is 389 g/mol. The Morgan fingerprint density at radius 3 is 2.50 bits per heavy atom. The van der Waals surface area contributed by atoms with Gasteiger partial charge in [0.15, 0.2) is 0 Å². The number of carbonyl (C=O) groups is 1. The maximum absolute atomic E-state index is 12.8. The fourth-order valence-corrected chi connectivity index (χ4v) is 3.61. The Labute approximate surface area is 167 Å². The van der Waals surface area contributed by atoms with Crippen molar-refractivity contribution in [1.82, 2.24) is 10.2 Å². The topological polar surface area (TPSA) is 32.3 Å². The highest BCUT2D eigenvalue weighted by Gasteiger charge is 2.30. The first-order valence-corrected chi connectivity index (χ1v) is 9.60. The van der Waals surface area contributed by atoms with Crippen molar-refractivity contribution in [1.29, 1.82) is 0 Å². The molecule has 0 atom stereocenters. The molecule has 2 aromatic carbocycles. The normalized spacial score (nSPS) is 16.1. The van der Waals surface area contributed by atoms with Crippen LogP contribution >= 0.6 is 11.6 Å². The van der Waals surface area contributed by atoms with Crippen molar-refractivity contribution in [2.75, 3.05) is 13.1 Å². The van der Waals surface area contributed by atoms with E-state index < -0.39 is 11.7 Å². The van der Waals surface area contributed by atoms with Crippen molar-refractivity contribution in [3.8, 4) is 0 Å². The number of piperidine rings is 1. The van der Waals surface area contributed by atoms with Crippen LogP contribution in [0.4, 0.5) is 13.2 Å². The van der Waals surface area contributed by atoms with Crippen LogP contribution < -0.4 is 5.32 Å². The van der Waals surface area contributed by atoms with Crippen LogP contribution in [0, 0.1) is 5.92 Å². The van der Waals surface area contributed by atoms with Crippen LogP contribution in [0.5, 0.6) is 0 Å². The van der Waals surface area contributed by atoms with Crippen molar-refractivity contribution in [3.05, 3.63) is 70.2 Å². The minimum Gasteiger partial charge on any atom is -0.352 e. The average molecular weight is 411 g/mol. The molecule has 1 aliphatic rings. The van der Waals surface area contributed by atoms with Crippen molar-refractivity contribution in [3.63, 3.8) is 0 Å². The number of benzene rings is 2. The lowest BCUT2D eigenvalue weighted by atomic mass is 9.95. The highest BCUT2D eigenvalue weighted by atomic mass is 35.5. The SMILES string of the molecule is O=C(NCc1cccc(C(F)(F)F)c1)C1CCN(Cc2ccccc2Cl)CC1. The zero-order chi connectivity index (χ0) is 20.1. The van der Waals surface area contributed by atoms with Crippen molar-refractivity contribution < 1.29 is 18.0 Å². The molecule has 0 aliphatic carbocycles. The van der Waals surface area contributed by atoms with E-state index in [0.717, 1.165) is 55.2 Å². The van der Waals surface area contributed by atoms with E-state index in [-0.39, 0.29) is 18.4 Å². The molecule has 28 heavy (non-hydrogen) atoms. The second kappa shape index (κ2) is 8.97. The number of halogens is 4. The molecule has 1 amide bonds. The maximum Gasteiger partial charge on any atom is 0.416 e. The standard InChI is InChI=1S/C21H22ClF3N2O/c22-19-7-2-1-5-17(19)14-27-10-8-16(9-11-27)20(28)26-13-15-4-3-6-18(12-15)21(23,24)25/h1-7,12,16H,8-11,13-14H2,(H,26,28). The Morgan fingerprint density at radius 1 is 1.11 bits per heavy atom. The fourth-order valence-electron chi connectivity index (χ4n) is 3.41. The lowest BCUT2D eigenvalue weighted by molar-refractivity contribution is -0.137. The maximum atomic E-state index is 12.8. The molecule has 0 bridgehead atoms. The smallest absolute Gasteiger partial charge is 0.352 e. The van der Waals surface area contributed by atoms with Gasteiger partial charge in [-0.05, 0) is 55.3 Å². The summed E-state index contributed by atoms with van der Waals surface area (Å²) in [7, 11) is 0. The molecule has 1 N–H and O–H groups in total. The molecule has 1 saturated heterocycles. The molecule has 2 aromatic rings. The molecule has 150 valence electrons. The van der Waals surface area contributed by atoms with Crippen molar-refractivity contribution in [2.45, 2.75) is 32.1 Å². The first-order valence-electron chi connectivity index (χ1n) is 9.22. The molecule has 0 spiro atoms. The first-order chi connectivity index (χ1) is 13.3. The summed E-state index contributed by atoms with van der Waals surface area (Å²) in [6.07, 6.45) is -2.94. The van der Waals surface area contributed by atoms with Crippen LogP contribution in [-0.2, 0) is 24.1 Å². The van der Waals surface area contributed by atoms with E-state index in [2.05, 4.69) is 10.2 Å². The number of hydrogen-bond donors (Lipinski definition) is 1. The third-order valence-electron chi connectivity index (χ3n) is 5.03. The van der Waals surface area contributed by atoms with E-state index in [4.69, 9.17) is 11.6 Å². The van der Waals surface area contributed by atoms with Gasteiger partial charge in [0.1, 0.15) is 0 Å². The molecule has 3 nitrogen and oxygen atoms in total. The van der Waals surface area contributed by atoms with E-state index in [1.807, 2.05) is 24.3 Å². The van der Waals surface area contributed by atoms with Crippen LogP contribution in [0.3, 0.4) is 0 Å². The van der Waals surface area contributed by atoms with Gasteiger partial charge in [-0.1, -0.05) is 41.9 Å². The van der Waals surface area contributed by atoms with Crippen molar-refractivity contribution >= 4 is 17.5 Å². The van der Waals surface area contributed by atoms with E-state index >= 15 is 0 Å². The molecule has 0 aromatic heterocycles. The summed E-state index contributed by atoms with van der Waals surface area (Å²) in [5, 5.41) is 3.51. The van der Waals surface area contributed by atoms with Gasteiger partial charge in [-0.15, -0.1) is 0 Å². The van der Waals surface area contributed by atoms with Crippen LogP contribution in [0.15, 0.2) is 48.5 Å². The zero-order valence-corrected chi connectivity index (χ0v) is 16.1. The zero-order valence-electron chi connectivity index (χ0n) is 15.3. The molecule has 0 saturated carbocycles.